The number of nitrogens with zero attached hydrogens (tertiary/aromatic N) is 7. The summed E-state index contributed by atoms with van der Waals surface area (Å²) in [6, 6.07) is 4.61. The number of hydrogen-bond donors (Lipinski definition) is 6. The van der Waals surface area contributed by atoms with Gasteiger partial charge in [-0.2, -0.15) is 34.2 Å². The van der Waals surface area contributed by atoms with Crippen molar-refractivity contribution in [2.24, 2.45) is 0 Å². The molecule has 0 unspecified atom stereocenters. The molecule has 0 fully saturated rings. The van der Waals surface area contributed by atoms with Gasteiger partial charge in [-0.1, -0.05) is 6.07 Å². The number of aliphatic carboxylic acids is 2. The molecule has 0 aliphatic carbocycles. The van der Waals surface area contributed by atoms with Gasteiger partial charge in [0.25, 0.3) is 0 Å². The van der Waals surface area contributed by atoms with Crippen LogP contribution in [-0.4, -0.2) is 97.5 Å². The second-order valence-corrected chi connectivity index (χ2v) is 10.1. The molecule has 0 aliphatic heterocycles. The van der Waals surface area contributed by atoms with Gasteiger partial charge in [0.15, 0.2) is 0 Å². The molecule has 0 spiro atoms. The maximum atomic E-state index is 10.9. The average Bonchev–Trinajstić information content (AvgIpc) is 2.94. The van der Waals surface area contributed by atoms with Gasteiger partial charge in [0.05, 0.1) is 40.9 Å². The number of nitrogens with one attached hydrogen (secondary N) is 6. The SMILES string of the molecule is O=C([O-])CNc1nc(NCCSOO[O-])nc(Nc2cccc(Nc3nc(NCCS(=O)(=O)[O-])nc(NCC(=O)[O-])n3)n2)n1.[K+].[K+].[K+].[K+]. The normalized spacial score (nSPS) is 10.0. The number of rotatable bonds is 20. The van der Waals surface area contributed by atoms with E-state index in [1.807, 2.05) is 0 Å². The fraction of sp³-hybridized carbons (Fsp3) is 0.316. The number of anilines is 8. The van der Waals surface area contributed by atoms with Crippen LogP contribution in [0.4, 0.5) is 47.3 Å². The molecule has 3 aromatic heterocycles. The molecule has 3 rings (SSSR count). The van der Waals surface area contributed by atoms with Crippen LogP contribution in [0.3, 0.4) is 0 Å². The van der Waals surface area contributed by atoms with Crippen molar-refractivity contribution in [1.82, 2.24) is 34.9 Å². The largest absolute Gasteiger partial charge is 1.00 e. The topological polar surface area (TPSA) is 341 Å². The van der Waals surface area contributed by atoms with E-state index in [9.17, 15) is 38.0 Å². The van der Waals surface area contributed by atoms with Crippen molar-refractivity contribution < 1.29 is 253 Å². The van der Waals surface area contributed by atoms with Crippen LogP contribution >= 0.6 is 12.0 Å². The smallest absolute Gasteiger partial charge is 0.748 e. The van der Waals surface area contributed by atoms with Crippen molar-refractivity contribution >= 4 is 81.4 Å². The van der Waals surface area contributed by atoms with E-state index in [2.05, 4.69) is 76.2 Å². The van der Waals surface area contributed by atoms with Gasteiger partial charge in [0.1, 0.15) is 11.6 Å². The van der Waals surface area contributed by atoms with Crippen LogP contribution in [0.2, 0.25) is 0 Å². The minimum atomic E-state index is -4.53. The first-order chi connectivity index (χ1) is 21.0. The van der Waals surface area contributed by atoms with Crippen LogP contribution in [0, 0.1) is 0 Å². The monoisotopic (exact) mass is 811 g/mol. The van der Waals surface area contributed by atoms with E-state index in [0.717, 1.165) is 12.0 Å². The quantitative estimate of drug-likeness (QED) is 0.0154. The van der Waals surface area contributed by atoms with Gasteiger partial charge < -0.3 is 61.5 Å². The Balaban J connectivity index is 0. The second kappa shape index (κ2) is 28.1. The van der Waals surface area contributed by atoms with E-state index in [0.29, 0.717) is 0 Å². The molecule has 48 heavy (non-hydrogen) atoms. The molecule has 29 heteroatoms. The number of carbonyl (C=O) groups excluding carboxylic acids is 2. The predicted molar refractivity (Wildman–Crippen MR) is 144 cm³/mol. The molecule has 0 saturated heterocycles. The number of hydrogen-bond acceptors (Lipinski definition) is 24. The van der Waals surface area contributed by atoms with Gasteiger partial charge >= 0.3 is 206 Å². The van der Waals surface area contributed by atoms with Crippen LogP contribution in [0.15, 0.2) is 18.2 Å². The number of carboxylic acids is 2. The Morgan fingerprint density at radius 2 is 1.10 bits per heavy atom. The maximum Gasteiger partial charge on any atom is 1.00 e. The first-order valence-electron chi connectivity index (χ1n) is 11.9. The molecule has 23 nitrogen and oxygen atoms in total. The first kappa shape index (κ1) is 51.7. The van der Waals surface area contributed by atoms with E-state index in [1.165, 1.54) is 12.1 Å². The van der Waals surface area contributed by atoms with Crippen LogP contribution in [0.25, 0.3) is 0 Å². The summed E-state index contributed by atoms with van der Waals surface area (Å²) in [6.45, 7) is -1.37. The van der Waals surface area contributed by atoms with Gasteiger partial charge in [-0.25, -0.2) is 13.4 Å². The zero-order valence-corrected chi connectivity index (χ0v) is 40.1. The van der Waals surface area contributed by atoms with Crippen molar-refractivity contribution in [3.63, 3.8) is 0 Å². The van der Waals surface area contributed by atoms with E-state index in [-0.39, 0.29) is 272 Å². The van der Waals surface area contributed by atoms with Crippen molar-refractivity contribution in [2.75, 3.05) is 69.6 Å². The molecule has 0 amide bonds. The minimum Gasteiger partial charge on any atom is -0.748 e. The molecular weight excluding hydrogens is 791 g/mol. The third-order valence-corrected chi connectivity index (χ3v) is 5.69. The Hall–Kier alpha value is 1.60. The Morgan fingerprint density at radius 1 is 0.688 bits per heavy atom. The summed E-state index contributed by atoms with van der Waals surface area (Å²) in [5.74, 6) is -3.76. The van der Waals surface area contributed by atoms with E-state index >= 15 is 0 Å². The summed E-state index contributed by atoms with van der Waals surface area (Å²) in [5.41, 5.74) is 0. The van der Waals surface area contributed by atoms with Gasteiger partial charge in [-0.05, 0) is 12.1 Å². The molecule has 0 aromatic carbocycles. The molecular formula is C19H21K4N13O10S2. The second-order valence-electron chi connectivity index (χ2n) is 7.80. The molecule has 238 valence electrons. The van der Waals surface area contributed by atoms with Crippen molar-refractivity contribution in [3.05, 3.63) is 18.2 Å². The Bertz CT molecular complexity index is 1560. The third-order valence-electron chi connectivity index (χ3n) is 4.46. The fourth-order valence-corrected chi connectivity index (χ4v) is 3.48. The van der Waals surface area contributed by atoms with E-state index in [4.69, 9.17) is 0 Å². The standard InChI is InChI=1S/C19H25N13O10S2.4K/c33-12(34)8-22-16-27-14(20-4-6-43-42-41-37)29-18(31-16)25-10-2-1-3-11(24-10)26-19-30-15(21-5-7-44(38,39)40)28-17(32-19)23-9-13(35)36;;;;/h1-3,37H,4-9H2,(H,33,34)(H,35,36)(H,38,39,40)(H6,20,21,22,23,24,25,26,27,28,29,30,31,32);;;;/q;4*+1/p-4. The Labute approximate surface area is 447 Å². The predicted octanol–water partition coefficient (Wildman–Crippen LogP) is -16.5. The van der Waals surface area contributed by atoms with Crippen LogP contribution < -0.4 is 253 Å². The third kappa shape index (κ3) is 22.6. The van der Waals surface area contributed by atoms with Crippen LogP contribution in [0.1, 0.15) is 0 Å². The summed E-state index contributed by atoms with van der Waals surface area (Å²) in [5, 5.41) is 50.6. The Kier molecular flexibility index (Phi) is 30.3. The fourth-order valence-electron chi connectivity index (χ4n) is 2.83. The van der Waals surface area contributed by atoms with Gasteiger partial charge in [-0.3, -0.25) is 5.04 Å². The van der Waals surface area contributed by atoms with Crippen molar-refractivity contribution in [3.8, 4) is 0 Å². The molecule has 6 N–H and O–H groups in total. The summed E-state index contributed by atoms with van der Waals surface area (Å²) >= 11 is 0.720. The average molecular weight is 812 g/mol. The van der Waals surface area contributed by atoms with E-state index < -0.39 is 40.9 Å². The first-order valence-corrected chi connectivity index (χ1v) is 14.4. The summed E-state index contributed by atoms with van der Waals surface area (Å²) in [4.78, 5) is 50.3. The minimum absolute atomic E-state index is 0. The summed E-state index contributed by atoms with van der Waals surface area (Å²) in [7, 11) is -4.53. The molecule has 0 aliphatic rings. The molecule has 3 aromatic rings. The molecule has 0 bridgehead atoms. The molecule has 0 atom stereocenters. The van der Waals surface area contributed by atoms with E-state index in [1.54, 1.807) is 6.07 Å². The maximum absolute atomic E-state index is 10.9. The molecule has 0 radical (unpaired) electrons. The van der Waals surface area contributed by atoms with Crippen molar-refractivity contribution in [1.29, 1.82) is 0 Å². The van der Waals surface area contributed by atoms with Gasteiger partial charge in [0, 0.05) is 30.9 Å². The van der Waals surface area contributed by atoms with Crippen molar-refractivity contribution in [2.45, 2.75) is 0 Å². The summed E-state index contributed by atoms with van der Waals surface area (Å²) < 4.78 is 36.8. The molecule has 0 saturated carbocycles. The number of aromatic nitrogens is 7. The summed E-state index contributed by atoms with van der Waals surface area (Å²) in [6.07, 6.45) is 0. The van der Waals surface area contributed by atoms with Gasteiger partial charge in [0.2, 0.25) is 35.7 Å². The van der Waals surface area contributed by atoms with Crippen LogP contribution in [0.5, 0.6) is 0 Å². The number of pyridine rings is 1. The zero-order valence-electron chi connectivity index (χ0n) is 26.0. The number of carboxylic acid groups (broad SMARTS) is 2. The number of carbonyl (C=O) groups is 2. The van der Waals surface area contributed by atoms with Crippen LogP contribution in [-0.2, 0) is 29.1 Å². The molecule has 3 heterocycles. The van der Waals surface area contributed by atoms with Gasteiger partial charge in [-0.15, -0.1) is 0 Å². The zero-order chi connectivity index (χ0) is 32.0. The Morgan fingerprint density at radius 3 is 1.52 bits per heavy atom.